The van der Waals surface area contributed by atoms with Crippen molar-refractivity contribution in [2.75, 3.05) is 13.2 Å². The van der Waals surface area contributed by atoms with E-state index in [0.29, 0.717) is 19.3 Å². The summed E-state index contributed by atoms with van der Waals surface area (Å²) in [6.07, 6.45) is 52.5. The van der Waals surface area contributed by atoms with Crippen molar-refractivity contribution in [3.8, 4) is 0 Å². The lowest BCUT2D eigenvalue weighted by Gasteiger charge is -2.18. The molecule has 0 saturated carbocycles. The molecule has 0 fully saturated rings. The van der Waals surface area contributed by atoms with Gasteiger partial charge in [-0.05, 0) is 31.1 Å². The van der Waals surface area contributed by atoms with E-state index in [-0.39, 0.29) is 31.1 Å². The first-order chi connectivity index (χ1) is 30.7. The van der Waals surface area contributed by atoms with Gasteiger partial charge in [-0.1, -0.05) is 279 Å². The largest absolute Gasteiger partial charge is 0.462 e. The fourth-order valence-corrected chi connectivity index (χ4v) is 8.70. The van der Waals surface area contributed by atoms with Gasteiger partial charge in [-0.15, -0.1) is 0 Å². The molecule has 0 bridgehead atoms. The molecule has 0 rings (SSSR count). The summed E-state index contributed by atoms with van der Waals surface area (Å²) in [5, 5.41) is 0. The van der Waals surface area contributed by atoms with Crippen molar-refractivity contribution >= 4 is 17.9 Å². The lowest BCUT2D eigenvalue weighted by molar-refractivity contribution is -0.167. The number of hydrogen-bond donors (Lipinski definition) is 0. The first-order valence-electron chi connectivity index (χ1n) is 28.2. The van der Waals surface area contributed by atoms with E-state index in [2.05, 4.69) is 34.6 Å². The van der Waals surface area contributed by atoms with Crippen molar-refractivity contribution in [3.63, 3.8) is 0 Å². The van der Waals surface area contributed by atoms with E-state index in [0.717, 1.165) is 69.6 Å². The molecule has 0 amide bonds. The number of hydrogen-bond acceptors (Lipinski definition) is 6. The summed E-state index contributed by atoms with van der Waals surface area (Å²) in [6, 6.07) is 0. The molecule has 0 aliphatic rings. The van der Waals surface area contributed by atoms with E-state index in [9.17, 15) is 14.4 Å². The topological polar surface area (TPSA) is 78.9 Å². The molecule has 374 valence electrons. The minimum atomic E-state index is -0.762. The third-order valence-corrected chi connectivity index (χ3v) is 13.0. The van der Waals surface area contributed by atoms with Crippen LogP contribution in [0.1, 0.15) is 317 Å². The van der Waals surface area contributed by atoms with Crippen LogP contribution in [-0.2, 0) is 28.6 Å². The second kappa shape index (κ2) is 49.8. The van der Waals surface area contributed by atoms with Gasteiger partial charge in [0, 0.05) is 19.3 Å². The molecule has 0 aliphatic carbocycles. The van der Waals surface area contributed by atoms with Crippen LogP contribution in [0.4, 0.5) is 0 Å². The predicted octanol–water partition coefficient (Wildman–Crippen LogP) is 18.5. The molecule has 0 N–H and O–H groups in total. The summed E-state index contributed by atoms with van der Waals surface area (Å²) in [6.45, 7) is 11.4. The highest BCUT2D eigenvalue weighted by Crippen LogP contribution is 2.18. The molecule has 0 aromatic heterocycles. The molecule has 0 unspecified atom stereocenters. The van der Waals surface area contributed by atoms with Crippen molar-refractivity contribution in [1.29, 1.82) is 0 Å². The third-order valence-electron chi connectivity index (χ3n) is 13.0. The number of carbonyl (C=O) groups excluding carboxylic acids is 3. The molecule has 0 spiro atoms. The van der Waals surface area contributed by atoms with Crippen LogP contribution in [0, 0.1) is 11.8 Å². The summed E-state index contributed by atoms with van der Waals surface area (Å²) < 4.78 is 16.8. The molecule has 0 aromatic carbocycles. The van der Waals surface area contributed by atoms with E-state index in [1.165, 1.54) is 205 Å². The molecule has 0 aliphatic heterocycles. The number of unbranched alkanes of at least 4 members (excludes halogenated alkanes) is 36. The van der Waals surface area contributed by atoms with Crippen LogP contribution in [0.2, 0.25) is 0 Å². The van der Waals surface area contributed by atoms with Gasteiger partial charge in [0.15, 0.2) is 6.10 Å². The Kier molecular flexibility index (Phi) is 48.6. The van der Waals surface area contributed by atoms with E-state index in [4.69, 9.17) is 14.2 Å². The fraction of sp³-hybridized carbons (Fsp3) is 0.947. The molecule has 63 heavy (non-hydrogen) atoms. The lowest BCUT2D eigenvalue weighted by atomic mass is 10.0. The second-order valence-corrected chi connectivity index (χ2v) is 20.5. The van der Waals surface area contributed by atoms with E-state index in [1.807, 2.05) is 0 Å². The highest BCUT2D eigenvalue weighted by molar-refractivity contribution is 5.71. The van der Waals surface area contributed by atoms with E-state index in [1.54, 1.807) is 0 Å². The zero-order chi connectivity index (χ0) is 46.1. The molecular weight excluding hydrogens is 781 g/mol. The number of esters is 3. The van der Waals surface area contributed by atoms with Crippen LogP contribution in [0.5, 0.6) is 0 Å². The van der Waals surface area contributed by atoms with E-state index < -0.39 is 6.10 Å². The molecule has 0 radical (unpaired) electrons. The fourth-order valence-electron chi connectivity index (χ4n) is 8.70. The zero-order valence-electron chi connectivity index (χ0n) is 43.2. The molecule has 0 aromatic rings. The van der Waals surface area contributed by atoms with Crippen LogP contribution >= 0.6 is 0 Å². The van der Waals surface area contributed by atoms with Crippen LogP contribution in [0.15, 0.2) is 0 Å². The molecule has 0 saturated heterocycles. The minimum absolute atomic E-state index is 0.0634. The van der Waals surface area contributed by atoms with E-state index >= 15 is 0 Å². The smallest absolute Gasteiger partial charge is 0.306 e. The molecule has 1 atom stereocenters. The molecular formula is C57H110O6. The maximum atomic E-state index is 12.8. The van der Waals surface area contributed by atoms with Crippen LogP contribution < -0.4 is 0 Å². The van der Waals surface area contributed by atoms with Crippen LogP contribution in [0.25, 0.3) is 0 Å². The normalized spacial score (nSPS) is 12.0. The highest BCUT2D eigenvalue weighted by Gasteiger charge is 2.19. The maximum absolute atomic E-state index is 12.8. The highest BCUT2D eigenvalue weighted by atomic mass is 16.6. The maximum Gasteiger partial charge on any atom is 0.306 e. The third kappa shape index (κ3) is 51.3. The Balaban J connectivity index is 4.20. The van der Waals surface area contributed by atoms with Crippen LogP contribution in [0.3, 0.4) is 0 Å². The number of ether oxygens (including phenoxy) is 3. The minimum Gasteiger partial charge on any atom is -0.462 e. The molecule has 6 nitrogen and oxygen atoms in total. The Bertz CT molecular complexity index is 962. The average molecular weight is 892 g/mol. The quantitative estimate of drug-likeness (QED) is 0.0344. The van der Waals surface area contributed by atoms with Gasteiger partial charge in [-0.25, -0.2) is 0 Å². The summed E-state index contributed by atoms with van der Waals surface area (Å²) in [5.41, 5.74) is 0. The standard InChI is InChI=1S/C57H110O6/c1-6-7-8-9-10-11-12-19-23-26-32-37-42-47-55(58)61-50-54(63-57(60)49-44-39-34-29-28-31-36-41-46-53(4)5)51-62-56(59)48-43-38-33-27-24-21-18-16-14-13-15-17-20-22-25-30-35-40-45-52(2)3/h52-54H,6-51H2,1-5H3/t54-/m1/s1. The summed E-state index contributed by atoms with van der Waals surface area (Å²) in [4.78, 5) is 38.0. The van der Waals surface area contributed by atoms with Gasteiger partial charge in [0.1, 0.15) is 13.2 Å². The summed E-state index contributed by atoms with van der Waals surface area (Å²) >= 11 is 0. The Morgan fingerprint density at radius 3 is 0.778 bits per heavy atom. The first-order valence-corrected chi connectivity index (χ1v) is 28.2. The van der Waals surface area contributed by atoms with Gasteiger partial charge in [0.25, 0.3) is 0 Å². The van der Waals surface area contributed by atoms with Crippen molar-refractivity contribution < 1.29 is 28.6 Å². The average Bonchev–Trinajstić information content (AvgIpc) is 3.25. The van der Waals surface area contributed by atoms with Crippen molar-refractivity contribution in [2.45, 2.75) is 323 Å². The van der Waals surface area contributed by atoms with Crippen LogP contribution in [-0.4, -0.2) is 37.2 Å². The molecule has 0 heterocycles. The second-order valence-electron chi connectivity index (χ2n) is 20.5. The van der Waals surface area contributed by atoms with Gasteiger partial charge in [-0.2, -0.15) is 0 Å². The van der Waals surface area contributed by atoms with Crippen molar-refractivity contribution in [1.82, 2.24) is 0 Å². The van der Waals surface area contributed by atoms with Crippen molar-refractivity contribution in [2.24, 2.45) is 11.8 Å². The predicted molar refractivity (Wildman–Crippen MR) is 270 cm³/mol. The summed E-state index contributed by atoms with van der Waals surface area (Å²) in [5.74, 6) is 0.808. The van der Waals surface area contributed by atoms with Gasteiger partial charge in [-0.3, -0.25) is 14.4 Å². The van der Waals surface area contributed by atoms with Gasteiger partial charge in [0.2, 0.25) is 0 Å². The number of carbonyl (C=O) groups is 3. The Labute approximate surface area is 393 Å². The molecule has 6 heteroatoms. The Morgan fingerprint density at radius 1 is 0.302 bits per heavy atom. The van der Waals surface area contributed by atoms with Gasteiger partial charge < -0.3 is 14.2 Å². The first kappa shape index (κ1) is 61.4. The zero-order valence-corrected chi connectivity index (χ0v) is 43.2. The lowest BCUT2D eigenvalue weighted by Crippen LogP contribution is -2.30. The number of rotatable bonds is 51. The van der Waals surface area contributed by atoms with Gasteiger partial charge in [0.05, 0.1) is 0 Å². The van der Waals surface area contributed by atoms with Crippen molar-refractivity contribution in [3.05, 3.63) is 0 Å². The SMILES string of the molecule is CCCCCCCCCCCCCCCC(=O)OC[C@H](COC(=O)CCCCCCCCCCCCCCCCCCCCC(C)C)OC(=O)CCCCCCCCCCC(C)C. The Hall–Kier alpha value is -1.59. The monoisotopic (exact) mass is 891 g/mol. The Morgan fingerprint density at radius 2 is 0.524 bits per heavy atom. The van der Waals surface area contributed by atoms with Gasteiger partial charge >= 0.3 is 17.9 Å². The summed E-state index contributed by atoms with van der Waals surface area (Å²) in [7, 11) is 0.